The first-order valence-electron chi connectivity index (χ1n) is 14.3. The summed E-state index contributed by atoms with van der Waals surface area (Å²) in [4.78, 5) is 2.26. The zero-order valence-electron chi connectivity index (χ0n) is 23.1. The number of benzene rings is 3. The number of likely N-dealkylation sites (tertiary alicyclic amines) is 1. The van der Waals surface area contributed by atoms with Crippen LogP contribution in [0.1, 0.15) is 42.4 Å². The lowest BCUT2D eigenvalue weighted by Gasteiger charge is -2.32. The van der Waals surface area contributed by atoms with Crippen molar-refractivity contribution >= 4 is 33.7 Å². The van der Waals surface area contributed by atoms with Gasteiger partial charge in [-0.25, -0.2) is 0 Å². The standard InChI is InChI=1S/C33H34ClF2N3O2/c1-40-26-10-11-27(29(34)18-26)32(22-3-2-4-22)31(24-7-12-30-28(17-24)33(36)38-37-30)23-5-8-25(9-6-23)41-16-15-39-14-13-21(19-35)20-39/h5-12,17-18,21-22H,2-4,13-16,19-20H2,1H3,(H,37,38)/b32-31+. The summed E-state index contributed by atoms with van der Waals surface area (Å²) in [6.45, 7) is 2.80. The molecule has 1 N–H and O–H groups in total. The summed E-state index contributed by atoms with van der Waals surface area (Å²) in [5, 5.41) is 7.59. The van der Waals surface area contributed by atoms with Crippen LogP contribution in [0.15, 0.2) is 60.7 Å². The average molecular weight is 578 g/mol. The van der Waals surface area contributed by atoms with Crippen molar-refractivity contribution in [1.29, 1.82) is 0 Å². The van der Waals surface area contributed by atoms with Crippen LogP contribution in [0.2, 0.25) is 5.02 Å². The smallest absolute Gasteiger partial charge is 0.240 e. The first-order chi connectivity index (χ1) is 20.0. The number of allylic oxidation sites excluding steroid dienone is 1. The molecule has 214 valence electrons. The molecule has 41 heavy (non-hydrogen) atoms. The number of fused-ring (bicyclic) bond motifs is 1. The molecule has 0 amide bonds. The number of aromatic nitrogens is 2. The van der Waals surface area contributed by atoms with Gasteiger partial charge in [-0.15, -0.1) is 5.10 Å². The molecule has 1 saturated heterocycles. The SMILES string of the molecule is COc1ccc(/C(=C(\c2ccc(OCCN3CCC(CF)C3)cc2)c2ccc3[nH]nc(F)c3c2)C2CCC2)c(Cl)c1. The van der Waals surface area contributed by atoms with Gasteiger partial charge in [-0.3, -0.25) is 14.4 Å². The van der Waals surface area contributed by atoms with E-state index < -0.39 is 5.95 Å². The summed E-state index contributed by atoms with van der Waals surface area (Å²) in [5.74, 6) is 1.43. The molecule has 4 aromatic rings. The van der Waals surface area contributed by atoms with Gasteiger partial charge < -0.3 is 9.47 Å². The second kappa shape index (κ2) is 12.2. The van der Waals surface area contributed by atoms with Gasteiger partial charge >= 0.3 is 0 Å². The van der Waals surface area contributed by atoms with E-state index in [0.29, 0.717) is 34.2 Å². The molecule has 2 aliphatic rings. The molecule has 1 aromatic heterocycles. The lowest BCUT2D eigenvalue weighted by atomic mass is 9.73. The summed E-state index contributed by atoms with van der Waals surface area (Å²) in [7, 11) is 1.63. The van der Waals surface area contributed by atoms with E-state index in [4.69, 9.17) is 21.1 Å². The van der Waals surface area contributed by atoms with E-state index in [1.807, 2.05) is 48.5 Å². The minimum absolute atomic E-state index is 0.151. The van der Waals surface area contributed by atoms with Gasteiger partial charge in [0.05, 0.1) is 29.7 Å². The third kappa shape index (κ3) is 5.84. The molecule has 1 saturated carbocycles. The van der Waals surface area contributed by atoms with Crippen LogP contribution in [0.4, 0.5) is 8.78 Å². The fraction of sp³-hybridized carbons (Fsp3) is 0.364. The minimum Gasteiger partial charge on any atom is -0.497 e. The summed E-state index contributed by atoms with van der Waals surface area (Å²) in [6.07, 6.45) is 4.19. The van der Waals surface area contributed by atoms with Gasteiger partial charge in [-0.2, -0.15) is 4.39 Å². The molecule has 3 aromatic carbocycles. The lowest BCUT2D eigenvalue weighted by molar-refractivity contribution is 0.228. The van der Waals surface area contributed by atoms with E-state index in [2.05, 4.69) is 27.2 Å². The van der Waals surface area contributed by atoms with E-state index in [1.165, 1.54) is 0 Å². The number of H-pyrrole nitrogens is 1. The van der Waals surface area contributed by atoms with E-state index in [9.17, 15) is 8.78 Å². The number of hydrogen-bond acceptors (Lipinski definition) is 4. The van der Waals surface area contributed by atoms with Crippen LogP contribution in [-0.4, -0.2) is 55.1 Å². The van der Waals surface area contributed by atoms with Crippen molar-refractivity contribution in [2.75, 3.05) is 40.0 Å². The number of nitrogens with zero attached hydrogens (tertiary/aromatic N) is 2. The monoisotopic (exact) mass is 577 g/mol. The molecular weight excluding hydrogens is 544 g/mol. The second-order valence-corrected chi connectivity index (χ2v) is 11.4. The minimum atomic E-state index is -0.520. The van der Waals surface area contributed by atoms with Crippen molar-refractivity contribution in [2.24, 2.45) is 11.8 Å². The van der Waals surface area contributed by atoms with Crippen LogP contribution < -0.4 is 9.47 Å². The molecule has 0 radical (unpaired) electrons. The van der Waals surface area contributed by atoms with E-state index in [-0.39, 0.29) is 12.6 Å². The Balaban J connectivity index is 1.37. The second-order valence-electron chi connectivity index (χ2n) is 11.0. The maximum Gasteiger partial charge on any atom is 0.240 e. The summed E-state index contributed by atoms with van der Waals surface area (Å²) >= 11 is 6.87. The van der Waals surface area contributed by atoms with Crippen LogP contribution >= 0.6 is 11.6 Å². The predicted molar refractivity (Wildman–Crippen MR) is 160 cm³/mol. The zero-order chi connectivity index (χ0) is 28.3. The Morgan fingerprint density at radius 1 is 1.02 bits per heavy atom. The molecule has 1 atom stereocenters. The van der Waals surface area contributed by atoms with Crippen molar-refractivity contribution in [3.05, 3.63) is 88.3 Å². The highest BCUT2D eigenvalue weighted by molar-refractivity contribution is 6.33. The quantitative estimate of drug-likeness (QED) is 0.195. The van der Waals surface area contributed by atoms with Gasteiger partial charge in [-0.05, 0) is 102 Å². The topological polar surface area (TPSA) is 50.4 Å². The van der Waals surface area contributed by atoms with Crippen molar-refractivity contribution in [3.8, 4) is 11.5 Å². The molecule has 0 bridgehead atoms. The Morgan fingerprint density at radius 2 is 1.80 bits per heavy atom. The number of aromatic amines is 1. The van der Waals surface area contributed by atoms with Gasteiger partial charge in [0.15, 0.2) is 0 Å². The Hall–Kier alpha value is -3.42. The third-order valence-electron chi connectivity index (χ3n) is 8.46. The third-order valence-corrected chi connectivity index (χ3v) is 8.77. The maximum atomic E-state index is 14.6. The van der Waals surface area contributed by atoms with Gasteiger partial charge in [0.25, 0.3) is 0 Å². The Labute approximate surface area is 244 Å². The van der Waals surface area contributed by atoms with Crippen molar-refractivity contribution < 1.29 is 18.3 Å². The van der Waals surface area contributed by atoms with Crippen LogP contribution in [0.25, 0.3) is 22.0 Å². The molecule has 2 fully saturated rings. The molecule has 8 heteroatoms. The zero-order valence-corrected chi connectivity index (χ0v) is 23.9. The van der Waals surface area contributed by atoms with E-state index in [0.717, 1.165) is 78.9 Å². The number of rotatable bonds is 10. The van der Waals surface area contributed by atoms with Crippen molar-refractivity contribution in [2.45, 2.75) is 25.7 Å². The Morgan fingerprint density at radius 3 is 2.49 bits per heavy atom. The number of alkyl halides is 1. The molecule has 5 nitrogen and oxygen atoms in total. The summed E-state index contributed by atoms with van der Waals surface area (Å²) in [5.41, 5.74) is 5.68. The highest BCUT2D eigenvalue weighted by atomic mass is 35.5. The van der Waals surface area contributed by atoms with Gasteiger partial charge in [0.1, 0.15) is 18.1 Å². The average Bonchev–Trinajstić information content (AvgIpc) is 3.58. The van der Waals surface area contributed by atoms with E-state index >= 15 is 0 Å². The normalized spacial score (nSPS) is 18.4. The molecule has 1 aliphatic carbocycles. The number of nitrogens with one attached hydrogen (secondary N) is 1. The molecular formula is C33H34ClF2N3O2. The van der Waals surface area contributed by atoms with Crippen molar-refractivity contribution in [1.82, 2.24) is 15.1 Å². The number of hydrogen-bond donors (Lipinski definition) is 1. The molecule has 0 spiro atoms. The largest absolute Gasteiger partial charge is 0.497 e. The first kappa shape index (κ1) is 27.7. The number of methoxy groups -OCH3 is 1. The van der Waals surface area contributed by atoms with Crippen LogP contribution in [0, 0.1) is 17.8 Å². The maximum absolute atomic E-state index is 14.6. The summed E-state index contributed by atoms with van der Waals surface area (Å²) in [6, 6.07) is 19.6. The van der Waals surface area contributed by atoms with Gasteiger partial charge in [0.2, 0.25) is 5.95 Å². The van der Waals surface area contributed by atoms with Crippen LogP contribution in [-0.2, 0) is 0 Å². The number of ether oxygens (including phenoxy) is 2. The highest BCUT2D eigenvalue weighted by Gasteiger charge is 2.29. The van der Waals surface area contributed by atoms with Gasteiger partial charge in [-0.1, -0.05) is 36.2 Å². The van der Waals surface area contributed by atoms with Gasteiger partial charge in [0, 0.05) is 19.0 Å². The fourth-order valence-electron chi connectivity index (χ4n) is 5.96. The molecule has 1 unspecified atom stereocenters. The van der Waals surface area contributed by atoms with Crippen molar-refractivity contribution in [3.63, 3.8) is 0 Å². The predicted octanol–water partition coefficient (Wildman–Crippen LogP) is 7.79. The van der Waals surface area contributed by atoms with Crippen LogP contribution in [0.5, 0.6) is 11.5 Å². The Bertz CT molecular complexity index is 1550. The molecule has 2 heterocycles. The fourth-order valence-corrected chi connectivity index (χ4v) is 6.24. The molecule has 6 rings (SSSR count). The summed E-state index contributed by atoms with van der Waals surface area (Å²) < 4.78 is 39.0. The highest BCUT2D eigenvalue weighted by Crippen LogP contribution is 2.47. The van der Waals surface area contributed by atoms with Crippen LogP contribution in [0.3, 0.4) is 0 Å². The molecule has 1 aliphatic heterocycles. The number of halogens is 3. The Kier molecular flexibility index (Phi) is 8.26. The van der Waals surface area contributed by atoms with E-state index in [1.54, 1.807) is 7.11 Å². The first-order valence-corrected chi connectivity index (χ1v) is 14.7. The lowest BCUT2D eigenvalue weighted by Crippen LogP contribution is -2.26.